The lowest BCUT2D eigenvalue weighted by Gasteiger charge is -2.58. The minimum Gasteiger partial charge on any atom is -0.311 e. The Kier molecular flexibility index (Phi) is 14.8. The molecular weight excluding hydrogens is 1490 g/mol. The van der Waals surface area contributed by atoms with Gasteiger partial charge in [-0.15, -0.1) is 0 Å². The van der Waals surface area contributed by atoms with E-state index in [4.69, 9.17) is 0 Å². The summed E-state index contributed by atoms with van der Waals surface area (Å²) in [6.45, 7) is 14.0. The van der Waals surface area contributed by atoms with Crippen molar-refractivity contribution in [1.82, 2.24) is 0 Å². The van der Waals surface area contributed by atoms with E-state index >= 15 is 0 Å². The van der Waals surface area contributed by atoms with Crippen LogP contribution in [0.5, 0.6) is 0 Å². The van der Waals surface area contributed by atoms with E-state index in [2.05, 4.69) is 326 Å². The first kappa shape index (κ1) is 71.3. The summed E-state index contributed by atoms with van der Waals surface area (Å²) < 4.78 is 0. The molecule has 0 radical (unpaired) electrons. The first-order valence-electron chi connectivity index (χ1n) is 47.5. The predicted octanol–water partition coefficient (Wildman–Crippen LogP) is 23.2. The molecule has 0 unspecified atom stereocenters. The van der Waals surface area contributed by atoms with Gasteiger partial charge in [0.25, 0.3) is 20.1 Å². The molecule has 18 aliphatic rings. The third-order valence-electron chi connectivity index (χ3n) is 35.3. The van der Waals surface area contributed by atoms with E-state index in [1.807, 2.05) is 0 Å². The monoisotopic (exact) mass is 1590 g/mol. The molecule has 0 atom stereocenters. The Bertz CT molecular complexity index is 6240. The van der Waals surface area contributed by atoms with Crippen molar-refractivity contribution in [1.29, 1.82) is 0 Å². The standard InChI is InChI=1S/C114H105B3N6/c1-67-23-13-17-35-93(67)120-97-56-99-91(115-87-33-15-19-37-95(87)118(85-29-9-7-10-30-85)101-48-82(112-58-73-39-74(59-112)41-75(40-73)60-112)52-105(107(101)115)122(99)110-69(3)25-21-26-70(110)4)54-89(97)117-90-55-92-100(57-98(90)121(94-36-18-14-24-68(94)2)104-51-84(50-103(120)109(104)117)114-64-79-45-80(65-114)47-81(46-79)66-114)123(111-71(5)27-22-28-72(111)6)106-53-83(113-61-76-42-77(62-113)44-78(43-76)63-113)49-102-108(106)116(92)88-34-16-20-38-96(88)119(102)86-31-11-8-12-32-86/h7-38,48-57,73-81H,39-47,58-66H2,1-6H3. The summed E-state index contributed by atoms with van der Waals surface area (Å²) in [6.07, 6.45) is 24.2. The van der Waals surface area contributed by atoms with Crippen LogP contribution in [0.4, 0.5) is 102 Å². The molecule has 6 heterocycles. The zero-order chi connectivity index (χ0) is 81.1. The zero-order valence-corrected chi connectivity index (χ0v) is 72.1. The molecule has 13 aromatic carbocycles. The van der Waals surface area contributed by atoms with E-state index in [-0.39, 0.29) is 36.4 Å². The van der Waals surface area contributed by atoms with Crippen molar-refractivity contribution in [3.05, 3.63) is 305 Å². The van der Waals surface area contributed by atoms with Crippen molar-refractivity contribution in [2.24, 2.45) is 53.3 Å². The third kappa shape index (κ3) is 9.92. The van der Waals surface area contributed by atoms with Crippen molar-refractivity contribution < 1.29 is 0 Å². The van der Waals surface area contributed by atoms with Crippen LogP contribution < -0.4 is 78.6 Å². The second-order valence-electron chi connectivity index (χ2n) is 42.5. The molecular formula is C114H105B3N6. The summed E-state index contributed by atoms with van der Waals surface area (Å²) in [4.78, 5) is 16.9. The minimum absolute atomic E-state index is 0.0603. The summed E-state index contributed by atoms with van der Waals surface area (Å²) in [5.74, 6) is 7.03. The van der Waals surface area contributed by atoms with Crippen molar-refractivity contribution in [2.75, 3.05) is 29.4 Å². The average Bonchev–Trinajstić information content (AvgIpc) is 0.686. The first-order valence-corrected chi connectivity index (χ1v) is 47.5. The molecule has 12 aliphatic carbocycles. The smallest absolute Gasteiger partial charge is 0.252 e. The molecule has 0 N–H and O–H groups in total. The molecule has 600 valence electrons. The lowest BCUT2D eigenvalue weighted by molar-refractivity contribution is -0.00526. The second kappa shape index (κ2) is 25.5. The van der Waals surface area contributed by atoms with Gasteiger partial charge in [0.05, 0.1) is 11.4 Å². The van der Waals surface area contributed by atoms with Crippen LogP contribution in [-0.2, 0) is 16.2 Å². The summed E-state index contributed by atoms with van der Waals surface area (Å²) in [5.41, 5.74) is 48.7. The van der Waals surface area contributed by atoms with E-state index in [0.717, 1.165) is 53.3 Å². The van der Waals surface area contributed by atoms with E-state index < -0.39 is 0 Å². The number of hydrogen-bond donors (Lipinski definition) is 0. The fourth-order valence-corrected chi connectivity index (χ4v) is 31.8. The number of rotatable bonds is 9. The van der Waals surface area contributed by atoms with Crippen LogP contribution in [-0.4, -0.2) is 20.1 Å². The van der Waals surface area contributed by atoms with Crippen LogP contribution in [0.2, 0.25) is 0 Å². The van der Waals surface area contributed by atoms with Crippen LogP contribution in [0.3, 0.4) is 0 Å². The van der Waals surface area contributed by atoms with Gasteiger partial charge >= 0.3 is 0 Å². The maximum Gasteiger partial charge on any atom is 0.252 e. The maximum atomic E-state index is 2.87. The Morgan fingerprint density at radius 3 is 0.756 bits per heavy atom. The van der Waals surface area contributed by atoms with Gasteiger partial charge in [-0.2, -0.15) is 0 Å². The fraction of sp³-hybridized carbons (Fsp3) is 0.316. The topological polar surface area (TPSA) is 19.4 Å². The van der Waals surface area contributed by atoms with Gasteiger partial charge in [-0.3, -0.25) is 0 Å². The summed E-state index contributed by atoms with van der Waals surface area (Å²) >= 11 is 0. The van der Waals surface area contributed by atoms with E-state index in [0.29, 0.717) is 0 Å². The average molecular weight is 1590 g/mol. The largest absolute Gasteiger partial charge is 0.311 e. The fourth-order valence-electron chi connectivity index (χ4n) is 31.8. The highest BCUT2D eigenvalue weighted by molar-refractivity contribution is 7.04. The van der Waals surface area contributed by atoms with Crippen LogP contribution in [0.25, 0.3) is 0 Å². The van der Waals surface area contributed by atoms with Crippen LogP contribution in [0.15, 0.2) is 255 Å². The lowest BCUT2D eigenvalue weighted by atomic mass is 9.29. The van der Waals surface area contributed by atoms with Crippen LogP contribution >= 0.6 is 0 Å². The molecule has 123 heavy (non-hydrogen) atoms. The van der Waals surface area contributed by atoms with Gasteiger partial charge in [-0.25, -0.2) is 0 Å². The molecule has 6 aliphatic heterocycles. The van der Waals surface area contributed by atoms with Gasteiger partial charge in [0.15, 0.2) is 0 Å². The van der Waals surface area contributed by atoms with Crippen LogP contribution in [0, 0.1) is 94.8 Å². The molecule has 13 aromatic rings. The molecule has 12 saturated carbocycles. The van der Waals surface area contributed by atoms with Crippen LogP contribution in [0.1, 0.15) is 166 Å². The molecule has 0 spiro atoms. The highest BCUT2D eigenvalue weighted by atomic mass is 15.2. The van der Waals surface area contributed by atoms with E-state index in [9.17, 15) is 0 Å². The number of aryl methyl sites for hydroxylation is 6. The van der Waals surface area contributed by atoms with Crippen molar-refractivity contribution in [3.63, 3.8) is 0 Å². The number of nitrogens with zero attached hydrogens (tertiary/aromatic N) is 6. The van der Waals surface area contributed by atoms with Gasteiger partial charge in [0.2, 0.25) is 0 Å². The lowest BCUT2D eigenvalue weighted by Crippen LogP contribution is -2.67. The molecule has 6 nitrogen and oxygen atoms in total. The Morgan fingerprint density at radius 2 is 0.447 bits per heavy atom. The Morgan fingerprint density at radius 1 is 0.203 bits per heavy atom. The maximum absolute atomic E-state index is 2.87. The van der Waals surface area contributed by atoms with Gasteiger partial charge in [-0.1, -0.05) is 158 Å². The van der Waals surface area contributed by atoms with Crippen molar-refractivity contribution >= 4 is 172 Å². The molecule has 0 saturated heterocycles. The number of fused-ring (bicyclic) bond motifs is 12. The van der Waals surface area contributed by atoms with E-state index in [1.165, 1.54) is 300 Å². The molecule has 0 aromatic heterocycles. The Hall–Kier alpha value is -11.1. The van der Waals surface area contributed by atoms with Gasteiger partial charge in [0.1, 0.15) is 0 Å². The molecule has 12 bridgehead atoms. The number of para-hydroxylation sites is 8. The minimum atomic E-state index is -0.207. The normalized spacial score (nSPS) is 26.9. The third-order valence-corrected chi connectivity index (χ3v) is 35.3. The molecule has 0 amide bonds. The summed E-state index contributed by atoms with van der Waals surface area (Å²) in [7, 11) is 0. The molecule has 31 rings (SSSR count). The highest BCUT2D eigenvalue weighted by Crippen LogP contribution is 2.67. The molecule has 9 heteroatoms. The Labute approximate surface area is 727 Å². The van der Waals surface area contributed by atoms with Gasteiger partial charge < -0.3 is 29.4 Å². The van der Waals surface area contributed by atoms with Crippen molar-refractivity contribution in [3.8, 4) is 0 Å². The zero-order valence-electron chi connectivity index (χ0n) is 72.1. The first-order chi connectivity index (χ1) is 60.2. The summed E-state index contributed by atoms with van der Waals surface area (Å²) in [5, 5.41) is 0. The SMILES string of the molecule is Cc1ccccc1N1c2cc3c(cc2B2c4cc5c(cc4N(c4ccccc4C)c4cc(C67CC8CC(CC(C8)C6)C7)cc1c42)N(c1c(C)cccc1C)c1cc(C24CC6CC(CC(C6)C2)C4)cc2c1B5c1ccccc1N2c1ccccc1)B1c2ccccc2N(c2ccccc2)c2cc(C45CC6CC(CC(C6)C4)C5)cc(c21)N3c1c(C)cccc1C. The van der Waals surface area contributed by atoms with Crippen molar-refractivity contribution in [2.45, 2.75) is 173 Å². The summed E-state index contributed by atoms with van der Waals surface area (Å²) in [6, 6.07) is 104. The number of benzene rings is 13. The predicted molar refractivity (Wildman–Crippen MR) is 516 cm³/mol. The second-order valence-corrected chi connectivity index (χ2v) is 42.5. The molecule has 12 fully saturated rings. The Balaban J connectivity index is 0.771. The van der Waals surface area contributed by atoms with Gasteiger partial charge in [-0.05, 0) is 423 Å². The number of anilines is 18. The van der Waals surface area contributed by atoms with Gasteiger partial charge in [0, 0.05) is 91.0 Å². The quantitative estimate of drug-likeness (QED) is 0.133. The van der Waals surface area contributed by atoms with E-state index in [1.54, 1.807) is 16.7 Å². The number of hydrogen-bond acceptors (Lipinski definition) is 6. The highest BCUT2D eigenvalue weighted by Gasteiger charge is 2.59.